The van der Waals surface area contributed by atoms with E-state index in [2.05, 4.69) is 26.1 Å². The Bertz CT molecular complexity index is 537. The number of hydrogen-bond donors (Lipinski definition) is 2. The van der Waals surface area contributed by atoms with Crippen molar-refractivity contribution in [3.8, 4) is 0 Å². The zero-order valence-corrected chi connectivity index (χ0v) is 15.7. The lowest BCUT2D eigenvalue weighted by Gasteiger charge is -2.29. The van der Waals surface area contributed by atoms with Crippen LogP contribution in [0.3, 0.4) is 0 Å². The highest BCUT2D eigenvalue weighted by atomic mass is 32.1. The third kappa shape index (κ3) is 7.42. The Labute approximate surface area is 147 Å². The minimum atomic E-state index is -0.430. The molecule has 136 valence electrons. The summed E-state index contributed by atoms with van der Waals surface area (Å²) >= 11 is 1.30. The van der Waals surface area contributed by atoms with Gasteiger partial charge in [-0.3, -0.25) is 9.69 Å². The van der Waals surface area contributed by atoms with Crippen LogP contribution < -0.4 is 5.32 Å². The number of hydrogen-bond acceptors (Lipinski definition) is 6. The van der Waals surface area contributed by atoms with Crippen LogP contribution in [0.25, 0.3) is 0 Å². The summed E-state index contributed by atoms with van der Waals surface area (Å²) < 4.78 is 4.99. The van der Waals surface area contributed by atoms with Crippen LogP contribution in [0.1, 0.15) is 44.5 Å². The van der Waals surface area contributed by atoms with Crippen molar-refractivity contribution in [2.24, 2.45) is 5.41 Å². The van der Waals surface area contributed by atoms with Gasteiger partial charge in [-0.25, -0.2) is 4.79 Å². The molecule has 0 atom stereocenters. The van der Waals surface area contributed by atoms with Crippen molar-refractivity contribution in [3.63, 3.8) is 0 Å². The summed E-state index contributed by atoms with van der Waals surface area (Å²) in [6.45, 7) is 10.1. The van der Waals surface area contributed by atoms with Gasteiger partial charge in [0, 0.05) is 19.7 Å². The van der Waals surface area contributed by atoms with Gasteiger partial charge in [0.15, 0.2) is 0 Å². The van der Waals surface area contributed by atoms with Gasteiger partial charge in [0.2, 0.25) is 5.91 Å². The minimum absolute atomic E-state index is 0.0504. The van der Waals surface area contributed by atoms with Crippen molar-refractivity contribution in [1.29, 1.82) is 0 Å². The molecule has 1 amide bonds. The average molecular weight is 356 g/mol. The van der Waals surface area contributed by atoms with Crippen molar-refractivity contribution in [2.45, 2.75) is 34.1 Å². The summed E-state index contributed by atoms with van der Waals surface area (Å²) in [7, 11) is 0. The summed E-state index contributed by atoms with van der Waals surface area (Å²) in [5.41, 5.74) is 0.433. The third-order valence-electron chi connectivity index (χ3n) is 3.11. The van der Waals surface area contributed by atoms with Crippen LogP contribution in [0.2, 0.25) is 0 Å². The molecule has 0 radical (unpaired) electrons. The first-order valence-electron chi connectivity index (χ1n) is 8.14. The molecule has 0 bridgehead atoms. The summed E-state index contributed by atoms with van der Waals surface area (Å²) in [6.07, 6.45) is 0.621. The summed E-state index contributed by atoms with van der Waals surface area (Å²) in [4.78, 5) is 26.2. The molecule has 1 aromatic rings. The van der Waals surface area contributed by atoms with E-state index < -0.39 is 5.97 Å². The quantitative estimate of drug-likeness (QED) is 0.665. The Morgan fingerprint density at radius 1 is 1.38 bits per heavy atom. The van der Waals surface area contributed by atoms with Gasteiger partial charge in [-0.1, -0.05) is 20.8 Å². The Balaban J connectivity index is 2.69. The minimum Gasteiger partial charge on any atom is -0.462 e. The van der Waals surface area contributed by atoms with Crippen molar-refractivity contribution in [3.05, 3.63) is 17.0 Å². The number of rotatable bonds is 9. The molecule has 0 saturated carbocycles. The second kappa shape index (κ2) is 9.76. The van der Waals surface area contributed by atoms with E-state index in [-0.39, 0.29) is 24.5 Å². The number of esters is 1. The second-order valence-electron chi connectivity index (χ2n) is 6.78. The Hall–Kier alpha value is -1.44. The highest BCUT2D eigenvalue weighted by Gasteiger charge is 2.20. The number of carbonyl (C=O) groups excluding carboxylic acids is 2. The van der Waals surface area contributed by atoms with Crippen molar-refractivity contribution in [2.75, 3.05) is 38.2 Å². The molecule has 2 N–H and O–H groups in total. The molecule has 0 aliphatic heterocycles. The van der Waals surface area contributed by atoms with Gasteiger partial charge in [0.05, 0.1) is 18.7 Å². The normalized spacial score (nSPS) is 11.6. The fourth-order valence-corrected chi connectivity index (χ4v) is 3.12. The molecule has 7 heteroatoms. The standard InChI is InChI=1S/C17H28N2O4S/c1-5-23-16(22)13-7-10-24-15(13)18-14(21)11-19(8-6-9-20)12-17(2,3)4/h7,10,20H,5-6,8-9,11-12H2,1-4H3,(H,18,21). The largest absolute Gasteiger partial charge is 0.462 e. The van der Waals surface area contributed by atoms with Crippen LogP contribution in [0.4, 0.5) is 5.00 Å². The molecule has 0 unspecified atom stereocenters. The fraction of sp³-hybridized carbons (Fsp3) is 0.647. The SMILES string of the molecule is CCOC(=O)c1ccsc1NC(=O)CN(CCCO)CC(C)(C)C. The predicted molar refractivity (Wildman–Crippen MR) is 96.5 cm³/mol. The molecule has 0 spiro atoms. The third-order valence-corrected chi connectivity index (χ3v) is 3.94. The van der Waals surface area contributed by atoms with Crippen LogP contribution in [-0.4, -0.2) is 54.7 Å². The number of amides is 1. The molecule has 0 fully saturated rings. The number of thiophene rings is 1. The molecule has 0 saturated heterocycles. The summed E-state index contributed by atoms with van der Waals surface area (Å²) in [5, 5.41) is 14.1. The maximum atomic E-state index is 12.3. The van der Waals surface area contributed by atoms with E-state index in [1.807, 2.05) is 4.90 Å². The van der Waals surface area contributed by atoms with E-state index >= 15 is 0 Å². The Morgan fingerprint density at radius 3 is 2.67 bits per heavy atom. The molecule has 1 heterocycles. The lowest BCUT2D eigenvalue weighted by atomic mass is 9.96. The van der Waals surface area contributed by atoms with Crippen molar-refractivity contribution < 1.29 is 19.4 Å². The molecule has 0 aliphatic rings. The number of anilines is 1. The topological polar surface area (TPSA) is 78.9 Å². The van der Waals surface area contributed by atoms with Gasteiger partial charge in [0.25, 0.3) is 0 Å². The molecule has 24 heavy (non-hydrogen) atoms. The lowest BCUT2D eigenvalue weighted by molar-refractivity contribution is -0.117. The molecule has 1 aromatic heterocycles. The second-order valence-corrected chi connectivity index (χ2v) is 7.70. The van der Waals surface area contributed by atoms with Gasteiger partial charge < -0.3 is 15.2 Å². The van der Waals surface area contributed by atoms with Gasteiger partial charge >= 0.3 is 5.97 Å². The average Bonchev–Trinajstić information content (AvgIpc) is 2.91. The Kier molecular flexibility index (Phi) is 8.38. The van der Waals surface area contributed by atoms with Crippen LogP contribution in [0.5, 0.6) is 0 Å². The van der Waals surface area contributed by atoms with E-state index in [0.717, 1.165) is 6.54 Å². The zero-order valence-electron chi connectivity index (χ0n) is 14.9. The van der Waals surface area contributed by atoms with E-state index in [1.54, 1.807) is 18.4 Å². The fourth-order valence-electron chi connectivity index (χ4n) is 2.32. The van der Waals surface area contributed by atoms with Crippen LogP contribution in [0.15, 0.2) is 11.4 Å². The summed E-state index contributed by atoms with van der Waals surface area (Å²) in [5.74, 6) is -0.605. The highest BCUT2D eigenvalue weighted by molar-refractivity contribution is 7.14. The maximum Gasteiger partial charge on any atom is 0.341 e. The molecule has 6 nitrogen and oxygen atoms in total. The zero-order chi connectivity index (χ0) is 18.2. The van der Waals surface area contributed by atoms with E-state index in [1.165, 1.54) is 11.3 Å². The predicted octanol–water partition coefficient (Wildman–Crippen LogP) is 2.59. The first kappa shape index (κ1) is 20.6. The molecular weight excluding hydrogens is 328 g/mol. The van der Waals surface area contributed by atoms with Crippen molar-refractivity contribution >= 4 is 28.2 Å². The molecular formula is C17H28N2O4S. The van der Waals surface area contributed by atoms with Gasteiger partial charge in [-0.05, 0) is 30.2 Å². The Morgan fingerprint density at radius 2 is 2.08 bits per heavy atom. The summed E-state index contributed by atoms with van der Waals surface area (Å²) in [6, 6.07) is 1.65. The van der Waals surface area contributed by atoms with E-state index in [0.29, 0.717) is 30.1 Å². The van der Waals surface area contributed by atoms with E-state index in [4.69, 9.17) is 9.84 Å². The first-order valence-corrected chi connectivity index (χ1v) is 9.02. The number of nitrogens with one attached hydrogen (secondary N) is 1. The molecule has 0 aliphatic carbocycles. The van der Waals surface area contributed by atoms with Gasteiger partial charge in [0.1, 0.15) is 5.00 Å². The van der Waals surface area contributed by atoms with Gasteiger partial charge in [-0.2, -0.15) is 0 Å². The number of aliphatic hydroxyl groups excluding tert-OH is 1. The number of carbonyl (C=O) groups is 2. The number of nitrogens with zero attached hydrogens (tertiary/aromatic N) is 1. The van der Waals surface area contributed by atoms with Crippen LogP contribution in [0, 0.1) is 5.41 Å². The highest BCUT2D eigenvalue weighted by Crippen LogP contribution is 2.24. The lowest BCUT2D eigenvalue weighted by Crippen LogP contribution is -2.39. The smallest absolute Gasteiger partial charge is 0.341 e. The van der Waals surface area contributed by atoms with Crippen LogP contribution in [-0.2, 0) is 9.53 Å². The molecule has 0 aromatic carbocycles. The number of aliphatic hydroxyl groups is 1. The number of ether oxygens (including phenoxy) is 1. The monoisotopic (exact) mass is 356 g/mol. The van der Waals surface area contributed by atoms with Crippen LogP contribution >= 0.6 is 11.3 Å². The van der Waals surface area contributed by atoms with E-state index in [9.17, 15) is 9.59 Å². The van der Waals surface area contributed by atoms with Gasteiger partial charge in [-0.15, -0.1) is 11.3 Å². The van der Waals surface area contributed by atoms with Crippen molar-refractivity contribution in [1.82, 2.24) is 4.90 Å². The maximum absolute atomic E-state index is 12.3. The molecule has 1 rings (SSSR count). The first-order chi connectivity index (χ1) is 11.3.